The number of amides is 1. The lowest BCUT2D eigenvalue weighted by Crippen LogP contribution is -2.30. The number of carbonyl (C=O) groups is 1. The molecule has 5 heteroatoms. The Balaban J connectivity index is 2.14. The molecule has 0 spiro atoms. The number of nitrogens with one attached hydrogen (secondary N) is 1. The van der Waals surface area contributed by atoms with Crippen LogP contribution in [0.3, 0.4) is 0 Å². The van der Waals surface area contributed by atoms with Crippen molar-refractivity contribution in [3.63, 3.8) is 0 Å². The van der Waals surface area contributed by atoms with Gasteiger partial charge in [0, 0.05) is 17.8 Å². The van der Waals surface area contributed by atoms with Crippen molar-refractivity contribution in [2.24, 2.45) is 0 Å². The minimum Gasteiger partial charge on any atom is -0.508 e. The number of aromatic hydroxyl groups is 1. The number of hydrogen-bond donors (Lipinski definition) is 2. The second-order valence-electron chi connectivity index (χ2n) is 5.11. The maximum atomic E-state index is 12.4. The lowest BCUT2D eigenvalue weighted by molar-refractivity contribution is 0.0743. The van der Waals surface area contributed by atoms with Crippen molar-refractivity contribution in [1.29, 1.82) is 0 Å². The van der Waals surface area contributed by atoms with Crippen molar-refractivity contribution >= 4 is 5.91 Å². The number of H-pyrrole nitrogens is 1. The van der Waals surface area contributed by atoms with Crippen LogP contribution in [0.5, 0.6) is 5.75 Å². The molecule has 1 aliphatic rings. The molecule has 1 aliphatic heterocycles. The molecule has 0 bridgehead atoms. The van der Waals surface area contributed by atoms with Gasteiger partial charge in [-0.15, -0.1) is 0 Å². The molecule has 1 aromatic heterocycles. The first-order valence-corrected chi connectivity index (χ1v) is 6.78. The van der Waals surface area contributed by atoms with Gasteiger partial charge in [0.2, 0.25) is 0 Å². The first kappa shape index (κ1) is 12.7. The Kier molecular flexibility index (Phi) is 2.97. The van der Waals surface area contributed by atoms with Gasteiger partial charge in [-0.25, -0.2) is 0 Å². The number of fused-ring (bicyclic) bond motifs is 1. The van der Waals surface area contributed by atoms with Crippen LogP contribution in [0.4, 0.5) is 0 Å². The molecule has 0 fully saturated rings. The Labute approximate surface area is 117 Å². The second-order valence-corrected chi connectivity index (χ2v) is 5.11. The highest BCUT2D eigenvalue weighted by Gasteiger charge is 2.40. The first-order chi connectivity index (χ1) is 9.63. The molecule has 104 valence electrons. The molecule has 3 rings (SSSR count). The summed E-state index contributed by atoms with van der Waals surface area (Å²) in [6.45, 7) is 4.64. The standard InChI is InChI=1S/C15H17N3O2/c1-3-7-18-14(10-5-4-6-11(19)8-10)12-9(2)16-17-13(12)15(18)20/h4-6,8,14,19H,3,7H2,1-2H3,(H,16,17)/t14-/m0/s1. The number of aromatic amines is 1. The smallest absolute Gasteiger partial charge is 0.275 e. The number of aryl methyl sites for hydroxylation is 1. The third kappa shape index (κ3) is 1.78. The highest BCUT2D eigenvalue weighted by molar-refractivity contribution is 5.98. The summed E-state index contributed by atoms with van der Waals surface area (Å²) in [5.74, 6) is 0.167. The van der Waals surface area contributed by atoms with Crippen LogP contribution >= 0.6 is 0 Å². The van der Waals surface area contributed by atoms with Gasteiger partial charge in [-0.1, -0.05) is 19.1 Å². The summed E-state index contributed by atoms with van der Waals surface area (Å²) < 4.78 is 0. The van der Waals surface area contributed by atoms with Gasteiger partial charge in [0.05, 0.1) is 6.04 Å². The normalized spacial score (nSPS) is 17.6. The highest BCUT2D eigenvalue weighted by atomic mass is 16.3. The average Bonchev–Trinajstić information content (AvgIpc) is 2.92. The summed E-state index contributed by atoms with van der Waals surface area (Å²) in [5, 5.41) is 16.7. The van der Waals surface area contributed by atoms with Crippen LogP contribution in [-0.4, -0.2) is 32.7 Å². The van der Waals surface area contributed by atoms with E-state index in [9.17, 15) is 9.90 Å². The van der Waals surface area contributed by atoms with E-state index in [1.54, 1.807) is 18.2 Å². The summed E-state index contributed by atoms with van der Waals surface area (Å²) in [6, 6.07) is 6.91. The van der Waals surface area contributed by atoms with E-state index >= 15 is 0 Å². The van der Waals surface area contributed by atoms with Crippen LogP contribution in [0.25, 0.3) is 0 Å². The Morgan fingerprint density at radius 1 is 1.45 bits per heavy atom. The van der Waals surface area contributed by atoms with Crippen LogP contribution in [0, 0.1) is 6.92 Å². The van der Waals surface area contributed by atoms with Crippen molar-refractivity contribution in [2.45, 2.75) is 26.3 Å². The molecular formula is C15H17N3O2. The summed E-state index contributed by atoms with van der Waals surface area (Å²) in [7, 11) is 0. The molecule has 0 aliphatic carbocycles. The van der Waals surface area contributed by atoms with E-state index in [1.165, 1.54) is 0 Å². The van der Waals surface area contributed by atoms with Crippen LogP contribution < -0.4 is 0 Å². The van der Waals surface area contributed by atoms with Crippen molar-refractivity contribution < 1.29 is 9.90 Å². The monoisotopic (exact) mass is 271 g/mol. The molecule has 5 nitrogen and oxygen atoms in total. The molecule has 0 unspecified atom stereocenters. The molecule has 1 aromatic carbocycles. The summed E-state index contributed by atoms with van der Waals surface area (Å²) in [4.78, 5) is 14.3. The molecule has 2 heterocycles. The average molecular weight is 271 g/mol. The molecular weight excluding hydrogens is 254 g/mol. The number of phenolic OH excluding ortho intramolecular Hbond substituents is 1. The Morgan fingerprint density at radius 2 is 2.25 bits per heavy atom. The van der Waals surface area contributed by atoms with Crippen molar-refractivity contribution in [1.82, 2.24) is 15.1 Å². The van der Waals surface area contributed by atoms with Crippen LogP contribution in [0.2, 0.25) is 0 Å². The number of rotatable bonds is 3. The lowest BCUT2D eigenvalue weighted by Gasteiger charge is -2.25. The van der Waals surface area contributed by atoms with Gasteiger partial charge in [-0.2, -0.15) is 5.10 Å². The number of phenols is 1. The van der Waals surface area contributed by atoms with Crippen LogP contribution in [-0.2, 0) is 0 Å². The van der Waals surface area contributed by atoms with E-state index in [4.69, 9.17) is 0 Å². The molecule has 0 radical (unpaired) electrons. The van der Waals surface area contributed by atoms with E-state index < -0.39 is 0 Å². The lowest BCUT2D eigenvalue weighted by atomic mass is 9.99. The van der Waals surface area contributed by atoms with Gasteiger partial charge < -0.3 is 10.0 Å². The Bertz CT molecular complexity index is 663. The second kappa shape index (κ2) is 4.67. The topological polar surface area (TPSA) is 69.2 Å². The maximum Gasteiger partial charge on any atom is 0.275 e. The molecule has 1 amide bonds. The molecule has 2 N–H and O–H groups in total. The third-order valence-electron chi connectivity index (χ3n) is 3.69. The van der Waals surface area contributed by atoms with Crippen molar-refractivity contribution in [2.75, 3.05) is 6.54 Å². The Hall–Kier alpha value is -2.30. The molecule has 20 heavy (non-hydrogen) atoms. The van der Waals surface area contributed by atoms with E-state index in [1.807, 2.05) is 24.8 Å². The van der Waals surface area contributed by atoms with E-state index in [2.05, 4.69) is 10.2 Å². The molecule has 0 saturated carbocycles. The number of carbonyl (C=O) groups excluding carboxylic acids is 1. The highest BCUT2D eigenvalue weighted by Crippen LogP contribution is 2.39. The Morgan fingerprint density at radius 3 is 2.95 bits per heavy atom. The van der Waals surface area contributed by atoms with E-state index in [0.29, 0.717) is 12.2 Å². The van der Waals surface area contributed by atoms with Gasteiger partial charge in [-0.05, 0) is 31.0 Å². The summed E-state index contributed by atoms with van der Waals surface area (Å²) in [5.41, 5.74) is 3.24. The molecule has 2 aromatic rings. The fourth-order valence-electron chi connectivity index (χ4n) is 2.86. The predicted octanol–water partition coefficient (Wildman–Crippen LogP) is 2.38. The minimum atomic E-state index is -0.164. The molecule has 1 atom stereocenters. The zero-order valence-electron chi connectivity index (χ0n) is 11.6. The zero-order chi connectivity index (χ0) is 14.3. The number of aromatic nitrogens is 2. The number of benzene rings is 1. The quantitative estimate of drug-likeness (QED) is 0.900. The third-order valence-corrected chi connectivity index (χ3v) is 3.69. The number of hydrogen-bond acceptors (Lipinski definition) is 3. The van der Waals surface area contributed by atoms with Crippen LogP contribution in [0.1, 0.15) is 46.7 Å². The fraction of sp³-hybridized carbons (Fsp3) is 0.333. The van der Waals surface area contributed by atoms with Gasteiger partial charge in [0.15, 0.2) is 5.69 Å². The van der Waals surface area contributed by atoms with Crippen molar-refractivity contribution in [3.05, 3.63) is 46.8 Å². The fourth-order valence-corrected chi connectivity index (χ4v) is 2.86. The van der Waals surface area contributed by atoms with Crippen LogP contribution in [0.15, 0.2) is 24.3 Å². The van der Waals surface area contributed by atoms with Gasteiger partial charge in [0.1, 0.15) is 5.75 Å². The summed E-state index contributed by atoms with van der Waals surface area (Å²) >= 11 is 0. The van der Waals surface area contributed by atoms with Gasteiger partial charge in [0.25, 0.3) is 5.91 Å². The van der Waals surface area contributed by atoms with E-state index in [0.717, 1.165) is 23.2 Å². The number of nitrogens with zero attached hydrogens (tertiary/aromatic N) is 2. The zero-order valence-corrected chi connectivity index (χ0v) is 11.6. The van der Waals surface area contributed by atoms with E-state index in [-0.39, 0.29) is 17.7 Å². The maximum absolute atomic E-state index is 12.4. The SMILES string of the molecule is CCCN1C(=O)c2n[nH]c(C)c2[C@@H]1c1cccc(O)c1. The van der Waals surface area contributed by atoms with Crippen molar-refractivity contribution in [3.8, 4) is 5.75 Å². The van der Waals surface area contributed by atoms with Gasteiger partial charge in [-0.3, -0.25) is 9.89 Å². The predicted molar refractivity (Wildman–Crippen MR) is 74.6 cm³/mol. The summed E-state index contributed by atoms with van der Waals surface area (Å²) in [6.07, 6.45) is 0.883. The molecule has 0 saturated heterocycles. The van der Waals surface area contributed by atoms with Gasteiger partial charge >= 0.3 is 0 Å². The minimum absolute atomic E-state index is 0.0421. The largest absolute Gasteiger partial charge is 0.508 e. The first-order valence-electron chi connectivity index (χ1n) is 6.78.